The maximum atomic E-state index is 13.6. The zero-order valence-corrected chi connectivity index (χ0v) is 9.45. The van der Waals surface area contributed by atoms with Crippen LogP contribution in [0.15, 0.2) is 24.5 Å². The molecule has 5 heteroatoms. The smallest absolute Gasteiger partial charge is 0.146 e. The van der Waals surface area contributed by atoms with Crippen LogP contribution in [0.25, 0.3) is 11.1 Å². The summed E-state index contributed by atoms with van der Waals surface area (Å²) in [6.07, 6.45) is 4.14. The van der Waals surface area contributed by atoms with Crippen LogP contribution in [0.5, 0.6) is 0 Å². The van der Waals surface area contributed by atoms with E-state index in [0.29, 0.717) is 5.56 Å². The Morgan fingerprint density at radius 3 is 2.76 bits per heavy atom. The molecule has 1 aromatic carbocycles. The average molecular weight is 237 g/mol. The molecule has 0 aliphatic rings. The quantitative estimate of drug-likeness (QED) is 0.834. The lowest BCUT2D eigenvalue weighted by molar-refractivity contribution is 0.602. The van der Waals surface area contributed by atoms with E-state index in [0.717, 1.165) is 25.1 Å². The molecule has 0 saturated heterocycles. The second kappa shape index (κ2) is 4.53. The van der Waals surface area contributed by atoms with Crippen molar-refractivity contribution in [3.8, 4) is 11.1 Å². The van der Waals surface area contributed by atoms with E-state index >= 15 is 0 Å². The van der Waals surface area contributed by atoms with Crippen LogP contribution in [0.2, 0.25) is 0 Å². The highest BCUT2D eigenvalue weighted by Crippen LogP contribution is 2.26. The number of anilines is 1. The molecule has 17 heavy (non-hydrogen) atoms. The third-order valence-corrected chi connectivity index (χ3v) is 2.48. The van der Waals surface area contributed by atoms with E-state index in [-0.39, 0.29) is 11.3 Å². The van der Waals surface area contributed by atoms with E-state index in [1.54, 1.807) is 10.9 Å². The standard InChI is InChI=1S/C12H13F2N3/c1-2-3-17-7-8(6-16-17)9-4-11(14)12(15)5-10(9)13/h4-7H,2-3,15H2,1H3. The van der Waals surface area contributed by atoms with Crippen molar-refractivity contribution in [2.45, 2.75) is 19.9 Å². The Morgan fingerprint density at radius 2 is 2.06 bits per heavy atom. The van der Waals surface area contributed by atoms with Gasteiger partial charge in [0.25, 0.3) is 0 Å². The first-order valence-corrected chi connectivity index (χ1v) is 5.39. The molecule has 0 atom stereocenters. The Balaban J connectivity index is 2.41. The normalized spacial score (nSPS) is 10.8. The van der Waals surface area contributed by atoms with Gasteiger partial charge in [-0.3, -0.25) is 4.68 Å². The van der Waals surface area contributed by atoms with Crippen molar-refractivity contribution in [3.05, 3.63) is 36.2 Å². The summed E-state index contributed by atoms with van der Waals surface area (Å²) in [5.41, 5.74) is 5.83. The van der Waals surface area contributed by atoms with Crippen molar-refractivity contribution < 1.29 is 8.78 Å². The summed E-state index contributed by atoms with van der Waals surface area (Å²) in [6, 6.07) is 2.08. The van der Waals surface area contributed by atoms with Crippen molar-refractivity contribution in [2.75, 3.05) is 5.73 Å². The first kappa shape index (κ1) is 11.6. The van der Waals surface area contributed by atoms with Gasteiger partial charge in [-0.1, -0.05) is 6.92 Å². The lowest BCUT2D eigenvalue weighted by atomic mass is 10.1. The van der Waals surface area contributed by atoms with Gasteiger partial charge >= 0.3 is 0 Å². The Hall–Kier alpha value is -1.91. The molecular weight excluding hydrogens is 224 g/mol. The molecule has 0 aliphatic heterocycles. The van der Waals surface area contributed by atoms with Gasteiger partial charge in [0.15, 0.2) is 0 Å². The van der Waals surface area contributed by atoms with Crippen LogP contribution in [-0.4, -0.2) is 9.78 Å². The fourth-order valence-electron chi connectivity index (χ4n) is 1.64. The fourth-order valence-corrected chi connectivity index (χ4v) is 1.64. The van der Waals surface area contributed by atoms with Crippen molar-refractivity contribution in [3.63, 3.8) is 0 Å². The van der Waals surface area contributed by atoms with E-state index in [2.05, 4.69) is 5.10 Å². The molecule has 0 spiro atoms. The summed E-state index contributed by atoms with van der Waals surface area (Å²) in [5.74, 6) is -1.16. The second-order valence-corrected chi connectivity index (χ2v) is 3.85. The molecule has 2 N–H and O–H groups in total. The Bertz CT molecular complexity index is 535. The topological polar surface area (TPSA) is 43.8 Å². The second-order valence-electron chi connectivity index (χ2n) is 3.85. The molecule has 2 rings (SSSR count). The first-order chi connectivity index (χ1) is 8.11. The third-order valence-electron chi connectivity index (χ3n) is 2.48. The summed E-state index contributed by atoms with van der Waals surface area (Å²) in [5, 5.41) is 4.07. The van der Waals surface area contributed by atoms with Gasteiger partial charge in [0, 0.05) is 29.9 Å². The molecule has 0 bridgehead atoms. The Kier molecular flexibility index (Phi) is 3.08. The number of rotatable bonds is 3. The average Bonchev–Trinajstić information content (AvgIpc) is 2.72. The highest BCUT2D eigenvalue weighted by atomic mass is 19.1. The van der Waals surface area contributed by atoms with Crippen LogP contribution < -0.4 is 5.73 Å². The largest absolute Gasteiger partial charge is 0.396 e. The minimum absolute atomic E-state index is 0.180. The Labute approximate surface area is 97.9 Å². The van der Waals surface area contributed by atoms with Gasteiger partial charge in [-0.05, 0) is 12.5 Å². The molecule has 1 aromatic heterocycles. The van der Waals surface area contributed by atoms with E-state index in [9.17, 15) is 8.78 Å². The van der Waals surface area contributed by atoms with E-state index in [4.69, 9.17) is 5.73 Å². The summed E-state index contributed by atoms with van der Waals surface area (Å²) in [7, 11) is 0. The molecule has 2 aromatic rings. The molecule has 0 radical (unpaired) electrons. The molecule has 0 amide bonds. The van der Waals surface area contributed by atoms with E-state index in [1.807, 2.05) is 6.92 Å². The molecule has 90 valence electrons. The maximum absolute atomic E-state index is 13.6. The Morgan fingerprint density at radius 1 is 1.29 bits per heavy atom. The maximum Gasteiger partial charge on any atom is 0.146 e. The van der Waals surface area contributed by atoms with Crippen LogP contribution in [0, 0.1) is 11.6 Å². The van der Waals surface area contributed by atoms with Crippen LogP contribution in [0.1, 0.15) is 13.3 Å². The van der Waals surface area contributed by atoms with Gasteiger partial charge in [-0.15, -0.1) is 0 Å². The summed E-state index contributed by atoms with van der Waals surface area (Å²) >= 11 is 0. The van der Waals surface area contributed by atoms with Crippen LogP contribution in [0.3, 0.4) is 0 Å². The van der Waals surface area contributed by atoms with Gasteiger partial charge < -0.3 is 5.73 Å². The summed E-state index contributed by atoms with van der Waals surface area (Å²) < 4.78 is 28.6. The van der Waals surface area contributed by atoms with Gasteiger partial charge in [-0.2, -0.15) is 5.10 Å². The molecule has 3 nitrogen and oxygen atoms in total. The number of aromatic nitrogens is 2. The summed E-state index contributed by atoms with van der Waals surface area (Å²) in [6.45, 7) is 2.77. The first-order valence-electron chi connectivity index (χ1n) is 5.39. The van der Waals surface area contributed by atoms with Crippen molar-refractivity contribution in [2.24, 2.45) is 0 Å². The number of nitrogen functional groups attached to an aromatic ring is 1. The molecular formula is C12H13F2N3. The van der Waals surface area contributed by atoms with E-state index < -0.39 is 11.6 Å². The van der Waals surface area contributed by atoms with Crippen LogP contribution >= 0.6 is 0 Å². The number of hydrogen-bond acceptors (Lipinski definition) is 2. The lowest BCUT2D eigenvalue weighted by Gasteiger charge is -2.03. The van der Waals surface area contributed by atoms with Crippen LogP contribution in [0.4, 0.5) is 14.5 Å². The predicted octanol–water partition coefficient (Wildman–Crippen LogP) is 2.82. The number of nitrogens with two attached hydrogens (primary N) is 1. The SMILES string of the molecule is CCCn1cc(-c2cc(F)c(N)cc2F)cn1. The highest BCUT2D eigenvalue weighted by Gasteiger charge is 2.11. The fraction of sp³-hybridized carbons (Fsp3) is 0.250. The van der Waals surface area contributed by atoms with Crippen molar-refractivity contribution >= 4 is 5.69 Å². The lowest BCUT2D eigenvalue weighted by Crippen LogP contribution is -1.96. The van der Waals surface area contributed by atoms with Crippen molar-refractivity contribution in [1.82, 2.24) is 9.78 Å². The van der Waals surface area contributed by atoms with Gasteiger partial charge in [-0.25, -0.2) is 8.78 Å². The molecule has 0 aliphatic carbocycles. The van der Waals surface area contributed by atoms with Crippen LogP contribution in [-0.2, 0) is 6.54 Å². The minimum Gasteiger partial charge on any atom is -0.396 e. The number of benzene rings is 1. The summed E-state index contributed by atoms with van der Waals surface area (Å²) in [4.78, 5) is 0. The zero-order valence-electron chi connectivity index (χ0n) is 9.45. The van der Waals surface area contributed by atoms with Crippen molar-refractivity contribution in [1.29, 1.82) is 0 Å². The molecule has 0 fully saturated rings. The number of nitrogens with zero attached hydrogens (tertiary/aromatic N) is 2. The number of halogens is 2. The number of hydrogen-bond donors (Lipinski definition) is 1. The van der Waals surface area contributed by atoms with Gasteiger partial charge in [0.1, 0.15) is 11.6 Å². The zero-order chi connectivity index (χ0) is 12.4. The monoisotopic (exact) mass is 237 g/mol. The molecule has 0 unspecified atom stereocenters. The molecule has 0 saturated carbocycles. The minimum atomic E-state index is -0.621. The van der Waals surface area contributed by atoms with Gasteiger partial charge in [0.05, 0.1) is 11.9 Å². The third kappa shape index (κ3) is 2.27. The number of aryl methyl sites for hydroxylation is 1. The highest BCUT2D eigenvalue weighted by molar-refractivity contribution is 5.65. The predicted molar refractivity (Wildman–Crippen MR) is 62.3 cm³/mol. The van der Waals surface area contributed by atoms with E-state index in [1.165, 1.54) is 6.20 Å². The molecule has 1 heterocycles. The van der Waals surface area contributed by atoms with Gasteiger partial charge in [0.2, 0.25) is 0 Å².